The average molecular weight is 238 g/mol. The summed E-state index contributed by atoms with van der Waals surface area (Å²) in [5.74, 6) is -2.96. The van der Waals surface area contributed by atoms with Gasteiger partial charge in [0.15, 0.2) is 0 Å². The Labute approximate surface area is 96.0 Å². The number of carboxylic acids is 1. The smallest absolute Gasteiger partial charge is 0.399 e. The zero-order chi connectivity index (χ0) is 13.2. The molecule has 0 fully saturated rings. The molecule has 1 rings (SSSR count). The molecule has 3 N–H and O–H groups in total. The van der Waals surface area contributed by atoms with E-state index in [2.05, 4.69) is 0 Å². The number of aliphatic carboxylic acids is 1. The highest BCUT2D eigenvalue weighted by atomic mass is 16.6. The summed E-state index contributed by atoms with van der Waals surface area (Å²) in [5, 5.41) is 20.0. The SMILES string of the molecule is CC(=O)C(C(=O)O)(c1ccccc1N)[N+](=O)[O-]. The van der Waals surface area contributed by atoms with Crippen molar-refractivity contribution >= 4 is 17.4 Å². The lowest BCUT2D eigenvalue weighted by atomic mass is 9.86. The van der Waals surface area contributed by atoms with E-state index in [9.17, 15) is 19.7 Å². The summed E-state index contributed by atoms with van der Waals surface area (Å²) >= 11 is 0. The van der Waals surface area contributed by atoms with E-state index >= 15 is 0 Å². The fourth-order valence-corrected chi connectivity index (χ4v) is 1.59. The molecular weight excluding hydrogens is 228 g/mol. The maximum atomic E-state index is 11.4. The van der Waals surface area contributed by atoms with Crippen LogP contribution in [0.25, 0.3) is 0 Å². The lowest BCUT2D eigenvalue weighted by Crippen LogP contribution is -2.49. The van der Waals surface area contributed by atoms with E-state index in [4.69, 9.17) is 10.8 Å². The van der Waals surface area contributed by atoms with Crippen molar-refractivity contribution in [2.24, 2.45) is 0 Å². The van der Waals surface area contributed by atoms with Gasteiger partial charge in [-0.15, -0.1) is 0 Å². The molecule has 90 valence electrons. The van der Waals surface area contributed by atoms with Crippen LogP contribution in [0.4, 0.5) is 5.69 Å². The quantitative estimate of drug-likeness (QED) is 0.339. The van der Waals surface area contributed by atoms with Crippen molar-refractivity contribution in [1.29, 1.82) is 0 Å². The van der Waals surface area contributed by atoms with Gasteiger partial charge in [0.05, 0.1) is 10.5 Å². The number of carbonyl (C=O) groups excluding carboxylic acids is 1. The average Bonchev–Trinajstić information content (AvgIpc) is 2.19. The Morgan fingerprint density at radius 1 is 1.41 bits per heavy atom. The third-order valence-electron chi connectivity index (χ3n) is 2.44. The van der Waals surface area contributed by atoms with Crippen molar-refractivity contribution in [2.45, 2.75) is 12.5 Å². The van der Waals surface area contributed by atoms with Crippen molar-refractivity contribution in [1.82, 2.24) is 0 Å². The predicted octanol–water partition coefficient (Wildman–Crippen LogP) is 0.414. The van der Waals surface area contributed by atoms with E-state index in [0.717, 1.165) is 13.0 Å². The van der Waals surface area contributed by atoms with Crippen LogP contribution in [0.2, 0.25) is 0 Å². The van der Waals surface area contributed by atoms with Crippen molar-refractivity contribution in [2.75, 3.05) is 5.73 Å². The number of carbonyl (C=O) groups is 2. The van der Waals surface area contributed by atoms with E-state index in [-0.39, 0.29) is 11.3 Å². The van der Waals surface area contributed by atoms with Crippen molar-refractivity contribution in [3.05, 3.63) is 39.9 Å². The minimum Gasteiger partial charge on any atom is -0.475 e. The van der Waals surface area contributed by atoms with Gasteiger partial charge in [-0.25, -0.2) is 4.79 Å². The topological polar surface area (TPSA) is 124 Å². The number of nitrogens with zero attached hydrogens (tertiary/aromatic N) is 1. The number of anilines is 1. The number of carboxylic acid groups (broad SMARTS) is 1. The van der Waals surface area contributed by atoms with Crippen molar-refractivity contribution < 1.29 is 19.6 Å². The van der Waals surface area contributed by atoms with Crippen LogP contribution in [0.5, 0.6) is 0 Å². The molecule has 1 unspecified atom stereocenters. The van der Waals surface area contributed by atoms with E-state index in [1.165, 1.54) is 18.2 Å². The van der Waals surface area contributed by atoms with Gasteiger partial charge in [0.1, 0.15) is 0 Å². The number of benzene rings is 1. The molecule has 0 bridgehead atoms. The molecule has 17 heavy (non-hydrogen) atoms. The van der Waals surface area contributed by atoms with Gasteiger partial charge >= 0.3 is 11.5 Å². The third-order valence-corrected chi connectivity index (χ3v) is 2.44. The van der Waals surface area contributed by atoms with E-state index in [1.54, 1.807) is 0 Å². The van der Waals surface area contributed by atoms with Gasteiger partial charge < -0.3 is 10.8 Å². The first kappa shape index (κ1) is 12.6. The summed E-state index contributed by atoms with van der Waals surface area (Å²) in [5.41, 5.74) is 2.22. The molecule has 1 atom stereocenters. The maximum absolute atomic E-state index is 11.4. The molecule has 0 aliphatic carbocycles. The number of ketones is 1. The largest absolute Gasteiger partial charge is 0.475 e. The first-order valence-corrected chi connectivity index (χ1v) is 4.59. The highest BCUT2D eigenvalue weighted by Crippen LogP contribution is 2.31. The molecule has 0 radical (unpaired) electrons. The molecule has 1 aromatic carbocycles. The monoisotopic (exact) mass is 238 g/mol. The standard InChI is InChI=1S/C10H10N2O5/c1-6(13)10(9(14)15,12(16)17)7-4-2-3-5-8(7)11/h2-5H,11H2,1H3,(H,14,15). The normalized spacial score (nSPS) is 13.7. The summed E-state index contributed by atoms with van der Waals surface area (Å²) < 4.78 is 0. The van der Waals surface area contributed by atoms with E-state index < -0.39 is 22.2 Å². The zero-order valence-electron chi connectivity index (χ0n) is 8.91. The van der Waals surface area contributed by atoms with E-state index in [1.807, 2.05) is 0 Å². The highest BCUT2D eigenvalue weighted by Gasteiger charge is 2.59. The third kappa shape index (κ3) is 1.71. The Bertz CT molecular complexity index is 461. The van der Waals surface area contributed by atoms with Gasteiger partial charge in [0, 0.05) is 12.6 Å². The molecule has 7 nitrogen and oxygen atoms in total. The molecule has 0 heterocycles. The van der Waals surface area contributed by atoms with Gasteiger partial charge in [-0.3, -0.25) is 14.9 Å². The van der Waals surface area contributed by atoms with Crippen LogP contribution in [0, 0.1) is 10.1 Å². The van der Waals surface area contributed by atoms with Crippen LogP contribution in [-0.2, 0) is 15.1 Å². The Hall–Kier alpha value is -2.44. The Morgan fingerprint density at radius 2 is 1.94 bits per heavy atom. The van der Waals surface area contributed by atoms with Crippen LogP contribution in [-0.4, -0.2) is 21.8 Å². The fourth-order valence-electron chi connectivity index (χ4n) is 1.59. The van der Waals surface area contributed by atoms with Crippen molar-refractivity contribution in [3.8, 4) is 0 Å². The van der Waals surface area contributed by atoms with Crippen LogP contribution >= 0.6 is 0 Å². The summed E-state index contributed by atoms with van der Waals surface area (Å²) in [6.07, 6.45) is 0. The maximum Gasteiger partial charge on any atom is 0.399 e. The number of Topliss-reactive ketones (excluding diaryl/α,β-unsaturated/α-hetero) is 1. The van der Waals surface area contributed by atoms with E-state index in [0.29, 0.717) is 0 Å². The number of nitrogens with two attached hydrogens (primary N) is 1. The van der Waals surface area contributed by atoms with Gasteiger partial charge in [0.2, 0.25) is 5.78 Å². The first-order valence-electron chi connectivity index (χ1n) is 4.59. The molecule has 7 heteroatoms. The number of hydrogen-bond acceptors (Lipinski definition) is 5. The van der Waals surface area contributed by atoms with Crippen LogP contribution in [0.3, 0.4) is 0 Å². The number of rotatable bonds is 4. The van der Waals surface area contributed by atoms with Crippen LogP contribution in [0.1, 0.15) is 12.5 Å². The summed E-state index contributed by atoms with van der Waals surface area (Å²) in [6, 6.07) is 5.34. The molecular formula is C10H10N2O5. The molecule has 0 amide bonds. The second-order valence-corrected chi connectivity index (χ2v) is 3.42. The number of nitro groups is 1. The fraction of sp³-hybridized carbons (Fsp3) is 0.200. The molecule has 0 saturated heterocycles. The van der Waals surface area contributed by atoms with Crippen LogP contribution < -0.4 is 5.73 Å². The first-order chi connectivity index (χ1) is 7.85. The number of nitrogen functional groups attached to an aromatic ring is 1. The number of hydrogen-bond donors (Lipinski definition) is 2. The molecule has 0 aromatic heterocycles. The predicted molar refractivity (Wildman–Crippen MR) is 57.8 cm³/mol. The Balaban J connectivity index is 3.66. The van der Waals surface area contributed by atoms with Gasteiger partial charge in [-0.1, -0.05) is 12.1 Å². The summed E-state index contributed by atoms with van der Waals surface area (Å²) in [7, 11) is 0. The van der Waals surface area contributed by atoms with Crippen LogP contribution in [0.15, 0.2) is 24.3 Å². The molecule has 0 spiro atoms. The molecule has 0 saturated carbocycles. The minimum atomic E-state index is -2.84. The second kappa shape index (κ2) is 4.20. The lowest BCUT2D eigenvalue weighted by Gasteiger charge is -2.19. The lowest BCUT2D eigenvalue weighted by molar-refractivity contribution is -0.545. The molecule has 0 aliphatic heterocycles. The number of para-hydroxylation sites is 1. The molecule has 1 aromatic rings. The highest BCUT2D eigenvalue weighted by molar-refractivity contribution is 6.06. The summed E-state index contributed by atoms with van der Waals surface area (Å²) in [4.78, 5) is 32.4. The second-order valence-electron chi connectivity index (χ2n) is 3.42. The minimum absolute atomic E-state index is 0.109. The Morgan fingerprint density at radius 3 is 2.29 bits per heavy atom. The molecule has 0 aliphatic rings. The van der Waals surface area contributed by atoms with Gasteiger partial charge in [-0.05, 0) is 12.1 Å². The van der Waals surface area contributed by atoms with Gasteiger partial charge in [0.25, 0.3) is 0 Å². The summed E-state index contributed by atoms with van der Waals surface area (Å²) in [6.45, 7) is 0.851. The zero-order valence-corrected chi connectivity index (χ0v) is 8.91. The van der Waals surface area contributed by atoms with Gasteiger partial charge in [-0.2, -0.15) is 0 Å². The Kier molecular flexibility index (Phi) is 3.12. The van der Waals surface area contributed by atoms with Crippen molar-refractivity contribution in [3.63, 3.8) is 0 Å².